The van der Waals surface area contributed by atoms with Crippen molar-refractivity contribution in [3.63, 3.8) is 0 Å². The van der Waals surface area contributed by atoms with Crippen LogP contribution in [0.5, 0.6) is 0 Å². The molecular weight excluding hydrogens is 450 g/mol. The van der Waals surface area contributed by atoms with E-state index in [9.17, 15) is 22.4 Å². The number of fused-ring (bicyclic) bond motifs is 1. The molecule has 0 radical (unpaired) electrons. The van der Waals surface area contributed by atoms with Crippen LogP contribution in [0.2, 0.25) is 0 Å². The van der Waals surface area contributed by atoms with Gasteiger partial charge in [0.1, 0.15) is 5.82 Å². The Morgan fingerprint density at radius 2 is 1.82 bits per heavy atom. The molecule has 0 saturated carbocycles. The van der Waals surface area contributed by atoms with Gasteiger partial charge in [0.2, 0.25) is 5.91 Å². The lowest BCUT2D eigenvalue weighted by atomic mass is 9.92. The maximum atomic E-state index is 14.3. The van der Waals surface area contributed by atoms with E-state index in [1.165, 1.54) is 53.2 Å². The Labute approximate surface area is 192 Å². The molecule has 0 fully saturated rings. The second-order valence-electron chi connectivity index (χ2n) is 9.03. The third-order valence-electron chi connectivity index (χ3n) is 4.90. The number of halogens is 4. The van der Waals surface area contributed by atoms with Gasteiger partial charge in [-0.05, 0) is 47.9 Å². The summed E-state index contributed by atoms with van der Waals surface area (Å²) in [5, 5.41) is 6.85. The number of hydrogen-bond acceptors (Lipinski definition) is 4. The zero-order chi connectivity index (χ0) is 24.7. The first kappa shape index (κ1) is 23.3. The van der Waals surface area contributed by atoms with Crippen LogP contribution in [0.4, 0.5) is 23.2 Å². The van der Waals surface area contributed by atoms with Gasteiger partial charge in [0.25, 0.3) is 0 Å². The Bertz CT molecular complexity index is 1370. The summed E-state index contributed by atoms with van der Waals surface area (Å²) in [4.78, 5) is 20.1. The molecule has 1 N–H and O–H groups in total. The number of pyridine rings is 1. The van der Waals surface area contributed by atoms with E-state index in [1.807, 2.05) is 20.8 Å². The number of alkyl halides is 3. The number of carbonyl (C=O) groups excluding carboxylic acids is 1. The van der Waals surface area contributed by atoms with E-state index in [4.69, 9.17) is 0 Å². The van der Waals surface area contributed by atoms with Crippen molar-refractivity contribution in [3.05, 3.63) is 66.4 Å². The van der Waals surface area contributed by atoms with Gasteiger partial charge in [0.05, 0.1) is 23.3 Å². The minimum absolute atomic E-state index is 0.0163. The van der Waals surface area contributed by atoms with E-state index >= 15 is 0 Å². The average Bonchev–Trinajstić information content (AvgIpc) is 3.16. The highest BCUT2D eigenvalue weighted by Crippen LogP contribution is 2.35. The highest BCUT2D eigenvalue weighted by atomic mass is 19.4. The minimum atomic E-state index is -4.63. The quantitative estimate of drug-likeness (QED) is 0.371. The molecule has 0 unspecified atom stereocenters. The fourth-order valence-corrected chi connectivity index (χ4v) is 3.46. The summed E-state index contributed by atoms with van der Waals surface area (Å²) in [7, 11) is 0. The van der Waals surface area contributed by atoms with E-state index in [1.54, 1.807) is 0 Å². The standard InChI is InChI=1S/C24H21F4N5O/c1-23(2,3)12-21(34)31-18-11-14(6-7-16(18)25)19-13-33-20(30-19)9-8-17(32-33)15-5-4-10-29-22(15)24(26,27)28/h4-11,13H,12H2,1-3H3,(H,31,34). The lowest BCUT2D eigenvalue weighted by Gasteiger charge is -2.17. The summed E-state index contributed by atoms with van der Waals surface area (Å²) in [6.45, 7) is 5.71. The highest BCUT2D eigenvalue weighted by Gasteiger charge is 2.35. The number of nitrogens with zero attached hydrogens (tertiary/aromatic N) is 4. The molecule has 3 aromatic heterocycles. The molecule has 6 nitrogen and oxygen atoms in total. The Kier molecular flexibility index (Phi) is 5.84. The first-order chi connectivity index (χ1) is 15.9. The molecule has 0 saturated heterocycles. The molecule has 0 aliphatic carbocycles. The number of rotatable bonds is 4. The third-order valence-corrected chi connectivity index (χ3v) is 4.90. The highest BCUT2D eigenvalue weighted by molar-refractivity contribution is 5.92. The predicted molar refractivity (Wildman–Crippen MR) is 119 cm³/mol. The number of aromatic nitrogens is 4. The van der Waals surface area contributed by atoms with Crippen LogP contribution in [0.25, 0.3) is 28.2 Å². The van der Waals surface area contributed by atoms with Crippen molar-refractivity contribution >= 4 is 17.2 Å². The molecule has 10 heteroatoms. The Morgan fingerprint density at radius 3 is 2.53 bits per heavy atom. The molecular formula is C24H21F4N5O. The Hall–Kier alpha value is -3.82. The summed E-state index contributed by atoms with van der Waals surface area (Å²) in [6.07, 6.45) is -1.82. The van der Waals surface area contributed by atoms with Crippen LogP contribution in [0.1, 0.15) is 32.9 Å². The largest absolute Gasteiger partial charge is 0.434 e. The molecule has 0 atom stereocenters. The molecule has 4 aromatic rings. The van der Waals surface area contributed by atoms with Crippen molar-refractivity contribution in [1.82, 2.24) is 19.6 Å². The van der Waals surface area contributed by atoms with Gasteiger partial charge >= 0.3 is 6.18 Å². The molecule has 0 aliphatic rings. The fourth-order valence-electron chi connectivity index (χ4n) is 3.46. The van der Waals surface area contributed by atoms with E-state index in [2.05, 4.69) is 20.4 Å². The zero-order valence-corrected chi connectivity index (χ0v) is 18.6. The first-order valence-corrected chi connectivity index (χ1v) is 10.4. The average molecular weight is 471 g/mol. The van der Waals surface area contributed by atoms with Crippen LogP contribution in [0, 0.1) is 11.2 Å². The number of hydrogen-bond donors (Lipinski definition) is 1. The molecule has 176 valence electrons. The summed E-state index contributed by atoms with van der Waals surface area (Å²) in [5.41, 5.74) is -0.0413. The molecule has 34 heavy (non-hydrogen) atoms. The van der Waals surface area contributed by atoms with Crippen molar-refractivity contribution < 1.29 is 22.4 Å². The summed E-state index contributed by atoms with van der Waals surface area (Å²) >= 11 is 0. The van der Waals surface area contributed by atoms with Crippen molar-refractivity contribution in [3.8, 4) is 22.5 Å². The maximum absolute atomic E-state index is 14.3. The molecule has 0 aliphatic heterocycles. The first-order valence-electron chi connectivity index (χ1n) is 10.4. The van der Waals surface area contributed by atoms with Crippen LogP contribution >= 0.6 is 0 Å². The minimum Gasteiger partial charge on any atom is -0.324 e. The molecule has 1 aromatic carbocycles. The van der Waals surface area contributed by atoms with Crippen LogP contribution in [-0.4, -0.2) is 25.5 Å². The van der Waals surface area contributed by atoms with Crippen LogP contribution in [0.15, 0.2) is 54.9 Å². The van der Waals surface area contributed by atoms with Crippen molar-refractivity contribution in [1.29, 1.82) is 0 Å². The predicted octanol–water partition coefficient (Wildman–Crippen LogP) is 5.99. The SMILES string of the molecule is CC(C)(C)CC(=O)Nc1cc(-c2cn3nc(-c4cccnc4C(F)(F)F)ccc3n2)ccc1F. The van der Waals surface area contributed by atoms with E-state index in [-0.39, 0.29) is 34.7 Å². The Morgan fingerprint density at radius 1 is 1.06 bits per heavy atom. The maximum Gasteiger partial charge on any atom is 0.434 e. The van der Waals surface area contributed by atoms with E-state index < -0.39 is 17.7 Å². The van der Waals surface area contributed by atoms with Crippen LogP contribution in [0.3, 0.4) is 0 Å². The smallest absolute Gasteiger partial charge is 0.324 e. The molecule has 3 heterocycles. The lowest BCUT2D eigenvalue weighted by Crippen LogP contribution is -2.20. The number of carbonyl (C=O) groups is 1. The molecule has 4 rings (SSSR count). The van der Waals surface area contributed by atoms with Crippen molar-refractivity contribution in [2.24, 2.45) is 5.41 Å². The second kappa shape index (κ2) is 8.51. The topological polar surface area (TPSA) is 72.2 Å². The number of imidazole rings is 1. The zero-order valence-electron chi connectivity index (χ0n) is 18.6. The summed E-state index contributed by atoms with van der Waals surface area (Å²) < 4.78 is 55.7. The number of nitrogens with one attached hydrogen (secondary N) is 1. The van der Waals surface area contributed by atoms with Gasteiger partial charge < -0.3 is 5.32 Å². The van der Waals surface area contributed by atoms with Crippen LogP contribution < -0.4 is 5.32 Å². The normalized spacial score (nSPS) is 12.2. The summed E-state index contributed by atoms with van der Waals surface area (Å²) in [6, 6.07) is 9.85. The van der Waals surface area contributed by atoms with Crippen LogP contribution in [-0.2, 0) is 11.0 Å². The monoisotopic (exact) mass is 471 g/mol. The van der Waals surface area contributed by atoms with Gasteiger partial charge in [0.15, 0.2) is 11.3 Å². The third kappa shape index (κ3) is 5.05. The van der Waals surface area contributed by atoms with Gasteiger partial charge in [-0.2, -0.15) is 18.3 Å². The van der Waals surface area contributed by atoms with Gasteiger partial charge in [-0.15, -0.1) is 0 Å². The van der Waals surface area contributed by atoms with Gasteiger partial charge in [-0.3, -0.25) is 9.78 Å². The number of benzene rings is 1. The molecule has 0 bridgehead atoms. The summed E-state index contributed by atoms with van der Waals surface area (Å²) in [5.74, 6) is -0.909. The number of anilines is 1. The number of amides is 1. The Balaban J connectivity index is 1.68. The molecule has 0 spiro atoms. The van der Waals surface area contributed by atoms with Crippen molar-refractivity contribution in [2.45, 2.75) is 33.4 Å². The van der Waals surface area contributed by atoms with Gasteiger partial charge in [0, 0.05) is 23.7 Å². The fraction of sp³-hybridized carbons (Fsp3) is 0.250. The van der Waals surface area contributed by atoms with Gasteiger partial charge in [-0.25, -0.2) is 13.9 Å². The van der Waals surface area contributed by atoms with Gasteiger partial charge in [-0.1, -0.05) is 20.8 Å². The lowest BCUT2D eigenvalue weighted by molar-refractivity contribution is -0.140. The van der Waals surface area contributed by atoms with E-state index in [0.717, 1.165) is 6.20 Å². The molecule has 1 amide bonds. The van der Waals surface area contributed by atoms with E-state index in [0.29, 0.717) is 16.9 Å². The second-order valence-corrected chi connectivity index (χ2v) is 9.03. The van der Waals surface area contributed by atoms with Crippen molar-refractivity contribution in [2.75, 3.05) is 5.32 Å².